The van der Waals surface area contributed by atoms with Gasteiger partial charge in [0.2, 0.25) is 11.9 Å². The van der Waals surface area contributed by atoms with Crippen LogP contribution in [0.1, 0.15) is 18.4 Å². The summed E-state index contributed by atoms with van der Waals surface area (Å²) in [5.41, 5.74) is 0.678. The average molecular weight is 369 g/mol. The molecule has 2 aromatic heterocycles. The number of piperidine rings is 1. The molecule has 1 saturated carbocycles. The second kappa shape index (κ2) is 6.14. The molecule has 8 heteroatoms. The molecule has 140 valence electrons. The van der Waals surface area contributed by atoms with Gasteiger partial charge in [-0.3, -0.25) is 9.78 Å². The first kappa shape index (κ1) is 16.4. The van der Waals surface area contributed by atoms with Crippen LogP contribution in [-0.4, -0.2) is 52.0 Å². The van der Waals surface area contributed by atoms with E-state index in [1.807, 2.05) is 15.9 Å². The first-order valence-electron chi connectivity index (χ1n) is 9.23. The number of nitrogens with zero attached hydrogens (tertiary/aromatic N) is 5. The maximum Gasteiger partial charge on any atom is 0.229 e. The van der Waals surface area contributed by atoms with Crippen LogP contribution < -0.4 is 9.64 Å². The van der Waals surface area contributed by atoms with Gasteiger partial charge in [-0.1, -0.05) is 0 Å². The lowest BCUT2D eigenvalue weighted by Crippen LogP contribution is -2.45. The van der Waals surface area contributed by atoms with Gasteiger partial charge in [0.05, 0.1) is 30.9 Å². The molecule has 7 nitrogen and oxygen atoms in total. The monoisotopic (exact) mass is 369 g/mol. The number of halogens is 1. The smallest absolute Gasteiger partial charge is 0.229 e. The maximum absolute atomic E-state index is 13.3. The van der Waals surface area contributed by atoms with Crippen molar-refractivity contribution in [2.75, 3.05) is 31.1 Å². The van der Waals surface area contributed by atoms with E-state index in [1.165, 1.54) is 12.4 Å². The lowest BCUT2D eigenvalue weighted by Gasteiger charge is -2.33. The molecule has 0 aromatic carbocycles. The van der Waals surface area contributed by atoms with E-state index in [1.54, 1.807) is 12.4 Å². The number of hydrogen-bond acceptors (Lipinski definition) is 6. The zero-order valence-electron chi connectivity index (χ0n) is 14.8. The summed E-state index contributed by atoms with van der Waals surface area (Å²) >= 11 is 0. The fourth-order valence-electron chi connectivity index (χ4n) is 4.35. The second-order valence-corrected chi connectivity index (χ2v) is 7.51. The predicted octanol–water partition coefficient (Wildman–Crippen LogP) is 1.65. The molecule has 0 N–H and O–H groups in total. The number of rotatable bonds is 2. The molecule has 1 amide bonds. The Hall–Kier alpha value is -2.77. The lowest BCUT2D eigenvalue weighted by molar-refractivity contribution is -0.138. The van der Waals surface area contributed by atoms with Crippen LogP contribution in [-0.2, 0) is 11.3 Å². The van der Waals surface area contributed by atoms with Crippen LogP contribution in [0.15, 0.2) is 30.9 Å². The molecule has 1 saturated heterocycles. The molecule has 5 rings (SSSR count). The molecule has 0 spiro atoms. The van der Waals surface area contributed by atoms with Crippen LogP contribution in [0.4, 0.5) is 10.3 Å². The van der Waals surface area contributed by atoms with Crippen LogP contribution in [0.25, 0.3) is 0 Å². The molecule has 2 aromatic rings. The zero-order chi connectivity index (χ0) is 18.4. The summed E-state index contributed by atoms with van der Waals surface area (Å²) in [6.45, 7) is 3.07. The zero-order valence-corrected chi connectivity index (χ0v) is 14.8. The summed E-state index contributed by atoms with van der Waals surface area (Å²) in [5.74, 6) is 1.42. The number of fused-ring (bicyclic) bond motifs is 2. The number of hydrogen-bond donors (Lipinski definition) is 0. The van der Waals surface area contributed by atoms with Gasteiger partial charge in [-0.15, -0.1) is 0 Å². The van der Waals surface area contributed by atoms with E-state index in [2.05, 4.69) is 15.0 Å². The summed E-state index contributed by atoms with van der Waals surface area (Å²) in [6, 6.07) is 1.85. The van der Waals surface area contributed by atoms with E-state index in [9.17, 15) is 9.18 Å². The quantitative estimate of drug-likeness (QED) is 0.802. The van der Waals surface area contributed by atoms with Crippen molar-refractivity contribution in [2.24, 2.45) is 11.3 Å². The Balaban J connectivity index is 1.29. The maximum atomic E-state index is 13.3. The van der Waals surface area contributed by atoms with E-state index in [0.717, 1.165) is 30.7 Å². The molecule has 4 heterocycles. The van der Waals surface area contributed by atoms with Crippen LogP contribution >= 0.6 is 0 Å². The van der Waals surface area contributed by atoms with Gasteiger partial charge in [0.15, 0.2) is 5.82 Å². The second-order valence-electron chi connectivity index (χ2n) is 7.51. The summed E-state index contributed by atoms with van der Waals surface area (Å²) in [4.78, 5) is 29.6. The van der Waals surface area contributed by atoms with Gasteiger partial charge in [0.1, 0.15) is 12.4 Å². The number of aromatic nitrogens is 3. The van der Waals surface area contributed by atoms with Crippen LogP contribution in [0.5, 0.6) is 5.75 Å². The van der Waals surface area contributed by atoms with E-state index < -0.39 is 5.82 Å². The molecule has 2 atom stereocenters. The highest BCUT2D eigenvalue weighted by atomic mass is 19.1. The highest BCUT2D eigenvalue weighted by molar-refractivity contribution is 5.86. The first-order chi connectivity index (χ1) is 13.2. The number of carbonyl (C=O) groups is 1. The van der Waals surface area contributed by atoms with Gasteiger partial charge in [-0.25, -0.2) is 14.4 Å². The first-order valence-corrected chi connectivity index (χ1v) is 9.23. The molecule has 2 unspecified atom stereocenters. The highest BCUT2D eigenvalue weighted by Crippen LogP contribution is 2.59. The summed E-state index contributed by atoms with van der Waals surface area (Å²) in [7, 11) is 0. The summed E-state index contributed by atoms with van der Waals surface area (Å²) in [6.07, 6.45) is 7.52. The minimum atomic E-state index is -0.440. The molecule has 1 aliphatic carbocycles. The standard InChI is InChI=1S/C19H20FN5O2/c20-15-9-22-18(23-10-15)25-4-2-19(7-14(19)12-25)17(26)24-5-6-27-16-1-3-21-8-13(16)11-24/h1,3,8-10,14H,2,4-7,11-12H2. The molecular formula is C19H20FN5O2. The normalized spacial score (nSPS) is 26.5. The molecule has 2 fully saturated rings. The third-order valence-corrected chi connectivity index (χ3v) is 5.94. The molecule has 27 heavy (non-hydrogen) atoms. The Morgan fingerprint density at radius 2 is 2.11 bits per heavy atom. The third kappa shape index (κ3) is 2.79. The van der Waals surface area contributed by atoms with Crippen molar-refractivity contribution in [1.82, 2.24) is 19.9 Å². The number of amides is 1. The largest absolute Gasteiger partial charge is 0.491 e. The molecule has 0 bridgehead atoms. The minimum absolute atomic E-state index is 0.215. The predicted molar refractivity (Wildman–Crippen MR) is 94.5 cm³/mol. The summed E-state index contributed by atoms with van der Waals surface area (Å²) < 4.78 is 18.8. The Bertz CT molecular complexity index is 877. The summed E-state index contributed by atoms with van der Waals surface area (Å²) in [5, 5.41) is 0. The molecule has 2 aliphatic heterocycles. The van der Waals surface area contributed by atoms with Gasteiger partial charge >= 0.3 is 0 Å². The van der Waals surface area contributed by atoms with Gasteiger partial charge < -0.3 is 14.5 Å². The lowest BCUT2D eigenvalue weighted by atomic mass is 9.93. The average Bonchev–Trinajstić information content (AvgIpc) is 3.46. The van der Waals surface area contributed by atoms with E-state index >= 15 is 0 Å². The fraction of sp³-hybridized carbons (Fsp3) is 0.474. The van der Waals surface area contributed by atoms with Crippen molar-refractivity contribution in [3.63, 3.8) is 0 Å². The van der Waals surface area contributed by atoms with Crippen LogP contribution in [0.3, 0.4) is 0 Å². The van der Waals surface area contributed by atoms with Crippen molar-refractivity contribution in [3.05, 3.63) is 42.2 Å². The van der Waals surface area contributed by atoms with Crippen molar-refractivity contribution in [1.29, 1.82) is 0 Å². The van der Waals surface area contributed by atoms with Gasteiger partial charge in [0.25, 0.3) is 0 Å². The topological polar surface area (TPSA) is 71.5 Å². The molecule has 0 radical (unpaired) electrons. The minimum Gasteiger partial charge on any atom is -0.491 e. The number of anilines is 1. The highest BCUT2D eigenvalue weighted by Gasteiger charge is 2.63. The van der Waals surface area contributed by atoms with Gasteiger partial charge in [0, 0.05) is 31.0 Å². The van der Waals surface area contributed by atoms with E-state index in [0.29, 0.717) is 38.1 Å². The number of pyridine rings is 1. The fourth-order valence-corrected chi connectivity index (χ4v) is 4.35. The molecular weight excluding hydrogens is 349 g/mol. The number of ether oxygens (including phenoxy) is 1. The van der Waals surface area contributed by atoms with Crippen molar-refractivity contribution < 1.29 is 13.9 Å². The number of carbonyl (C=O) groups excluding carboxylic acids is 1. The molecule has 3 aliphatic rings. The third-order valence-electron chi connectivity index (χ3n) is 5.94. The van der Waals surface area contributed by atoms with Gasteiger partial charge in [-0.05, 0) is 24.8 Å². The van der Waals surface area contributed by atoms with E-state index in [4.69, 9.17) is 4.74 Å². The van der Waals surface area contributed by atoms with E-state index in [-0.39, 0.29) is 11.3 Å². The van der Waals surface area contributed by atoms with Crippen LogP contribution in [0.2, 0.25) is 0 Å². The van der Waals surface area contributed by atoms with Crippen molar-refractivity contribution >= 4 is 11.9 Å². The van der Waals surface area contributed by atoms with Crippen LogP contribution in [0, 0.1) is 17.2 Å². The Morgan fingerprint density at radius 1 is 1.26 bits per heavy atom. The Morgan fingerprint density at radius 3 is 2.93 bits per heavy atom. The Labute approximate surface area is 156 Å². The van der Waals surface area contributed by atoms with Crippen molar-refractivity contribution in [2.45, 2.75) is 19.4 Å². The Kier molecular flexibility index (Phi) is 3.73. The van der Waals surface area contributed by atoms with Gasteiger partial charge in [-0.2, -0.15) is 0 Å². The van der Waals surface area contributed by atoms with Crippen molar-refractivity contribution in [3.8, 4) is 5.75 Å². The SMILES string of the molecule is O=C(N1CCOc2ccncc2C1)C12CCN(c3ncc(F)cn3)CC1C2.